The van der Waals surface area contributed by atoms with E-state index in [-0.39, 0.29) is 5.91 Å². The number of thiophene rings is 1. The zero-order chi connectivity index (χ0) is 15.6. The van der Waals surface area contributed by atoms with E-state index in [1.807, 2.05) is 52.7 Å². The second-order valence-electron chi connectivity index (χ2n) is 5.45. The highest BCUT2D eigenvalue weighted by molar-refractivity contribution is 7.13. The van der Waals surface area contributed by atoms with Crippen molar-refractivity contribution in [1.29, 1.82) is 0 Å². The molecule has 0 spiro atoms. The van der Waals surface area contributed by atoms with Gasteiger partial charge < -0.3 is 9.64 Å². The molecule has 4 rings (SSSR count). The maximum atomic E-state index is 13.0. The molecule has 23 heavy (non-hydrogen) atoms. The van der Waals surface area contributed by atoms with Gasteiger partial charge in [-0.05, 0) is 23.6 Å². The molecule has 0 aliphatic carbocycles. The number of morpholine rings is 1. The van der Waals surface area contributed by atoms with Gasteiger partial charge in [0.15, 0.2) is 0 Å². The van der Waals surface area contributed by atoms with Crippen LogP contribution in [-0.4, -0.2) is 42.1 Å². The van der Waals surface area contributed by atoms with Crippen LogP contribution < -0.4 is 0 Å². The maximum Gasteiger partial charge on any atom is 0.254 e. The van der Waals surface area contributed by atoms with Crippen LogP contribution in [0.1, 0.15) is 10.4 Å². The Morgan fingerprint density at radius 3 is 2.74 bits per heavy atom. The molecule has 116 valence electrons. The molecule has 1 aromatic carbocycles. The van der Waals surface area contributed by atoms with Gasteiger partial charge in [0.2, 0.25) is 0 Å². The van der Waals surface area contributed by atoms with Crippen LogP contribution in [-0.2, 0) is 4.74 Å². The normalized spacial score (nSPS) is 15.0. The molecule has 0 N–H and O–H groups in total. The molecule has 0 radical (unpaired) electrons. The van der Waals surface area contributed by atoms with Crippen LogP contribution in [0.15, 0.2) is 47.8 Å². The van der Waals surface area contributed by atoms with E-state index in [1.54, 1.807) is 11.3 Å². The minimum atomic E-state index is 0.0599. The highest BCUT2D eigenvalue weighted by Crippen LogP contribution is 2.28. The van der Waals surface area contributed by atoms with Crippen LogP contribution in [0.2, 0.25) is 0 Å². The second kappa shape index (κ2) is 6.10. The number of pyridine rings is 1. The first-order valence-electron chi connectivity index (χ1n) is 7.63. The maximum absolute atomic E-state index is 13.0. The molecule has 5 heteroatoms. The number of ether oxygens (including phenoxy) is 1. The predicted octanol–water partition coefficient (Wildman–Crippen LogP) is 3.44. The van der Waals surface area contributed by atoms with Gasteiger partial charge in [-0.15, -0.1) is 11.3 Å². The van der Waals surface area contributed by atoms with Crippen LogP contribution >= 0.6 is 11.3 Å². The Hall–Kier alpha value is -2.24. The van der Waals surface area contributed by atoms with Crippen molar-refractivity contribution in [3.05, 3.63) is 53.4 Å². The van der Waals surface area contributed by atoms with E-state index in [9.17, 15) is 4.79 Å². The summed E-state index contributed by atoms with van der Waals surface area (Å²) < 4.78 is 5.35. The van der Waals surface area contributed by atoms with E-state index in [0.717, 1.165) is 27.0 Å². The quantitative estimate of drug-likeness (QED) is 0.725. The number of amides is 1. The zero-order valence-corrected chi connectivity index (χ0v) is 13.4. The summed E-state index contributed by atoms with van der Waals surface area (Å²) in [4.78, 5) is 20.6. The number of aromatic nitrogens is 1. The van der Waals surface area contributed by atoms with Crippen LogP contribution in [0.5, 0.6) is 0 Å². The van der Waals surface area contributed by atoms with E-state index in [4.69, 9.17) is 9.72 Å². The fraction of sp³-hybridized carbons (Fsp3) is 0.222. The molecule has 4 nitrogen and oxygen atoms in total. The topological polar surface area (TPSA) is 42.4 Å². The lowest BCUT2D eigenvalue weighted by Gasteiger charge is -2.27. The van der Waals surface area contributed by atoms with E-state index in [0.29, 0.717) is 26.3 Å². The van der Waals surface area contributed by atoms with Crippen LogP contribution in [0.4, 0.5) is 0 Å². The summed E-state index contributed by atoms with van der Waals surface area (Å²) in [5, 5.41) is 2.93. The number of benzene rings is 1. The monoisotopic (exact) mass is 324 g/mol. The molecule has 1 fully saturated rings. The Bertz CT molecular complexity index is 839. The minimum absolute atomic E-state index is 0.0599. The summed E-state index contributed by atoms with van der Waals surface area (Å²) in [7, 11) is 0. The first kappa shape index (κ1) is 14.4. The SMILES string of the molecule is O=C(c1cc(-c2cccs2)nc2ccccc12)N1CCOCC1. The van der Waals surface area contributed by atoms with Crippen molar-refractivity contribution < 1.29 is 9.53 Å². The van der Waals surface area contributed by atoms with E-state index in [1.165, 1.54) is 0 Å². The molecule has 0 unspecified atom stereocenters. The average Bonchev–Trinajstić information content (AvgIpc) is 3.15. The smallest absolute Gasteiger partial charge is 0.254 e. The van der Waals surface area contributed by atoms with Gasteiger partial charge in [-0.1, -0.05) is 24.3 Å². The van der Waals surface area contributed by atoms with Crippen LogP contribution in [0.25, 0.3) is 21.5 Å². The van der Waals surface area contributed by atoms with Crippen LogP contribution in [0, 0.1) is 0 Å². The Morgan fingerprint density at radius 1 is 1.13 bits per heavy atom. The van der Waals surface area contributed by atoms with Gasteiger partial charge in [0.05, 0.1) is 34.9 Å². The summed E-state index contributed by atoms with van der Waals surface area (Å²) in [6.45, 7) is 2.49. The van der Waals surface area contributed by atoms with Gasteiger partial charge in [-0.3, -0.25) is 4.79 Å². The Labute approximate surface area is 138 Å². The van der Waals surface area contributed by atoms with E-state index in [2.05, 4.69) is 0 Å². The lowest BCUT2D eigenvalue weighted by molar-refractivity contribution is 0.0304. The van der Waals surface area contributed by atoms with E-state index < -0.39 is 0 Å². The molecule has 1 saturated heterocycles. The lowest BCUT2D eigenvalue weighted by Crippen LogP contribution is -2.40. The first-order valence-corrected chi connectivity index (χ1v) is 8.51. The molecule has 0 atom stereocenters. The number of carbonyl (C=O) groups excluding carboxylic acids is 1. The van der Waals surface area contributed by atoms with Crippen molar-refractivity contribution in [2.75, 3.05) is 26.3 Å². The van der Waals surface area contributed by atoms with Crippen molar-refractivity contribution in [2.45, 2.75) is 0 Å². The second-order valence-corrected chi connectivity index (χ2v) is 6.40. The van der Waals surface area contributed by atoms with Crippen LogP contribution in [0.3, 0.4) is 0 Å². The number of para-hydroxylation sites is 1. The number of nitrogens with zero attached hydrogens (tertiary/aromatic N) is 2. The predicted molar refractivity (Wildman–Crippen MR) is 91.8 cm³/mol. The number of hydrogen-bond donors (Lipinski definition) is 0. The minimum Gasteiger partial charge on any atom is -0.378 e. The summed E-state index contributed by atoms with van der Waals surface area (Å²) >= 11 is 1.63. The van der Waals surface area contributed by atoms with Gasteiger partial charge in [-0.2, -0.15) is 0 Å². The fourth-order valence-corrected chi connectivity index (χ4v) is 3.53. The van der Waals surface area contributed by atoms with E-state index >= 15 is 0 Å². The van der Waals surface area contributed by atoms with Crippen molar-refractivity contribution in [1.82, 2.24) is 9.88 Å². The third-order valence-corrected chi connectivity index (χ3v) is 4.91. The molecular weight excluding hydrogens is 308 g/mol. The Balaban J connectivity index is 1.84. The fourth-order valence-electron chi connectivity index (χ4n) is 2.84. The summed E-state index contributed by atoms with van der Waals surface area (Å²) in [5.41, 5.74) is 2.44. The number of rotatable bonds is 2. The molecular formula is C18H16N2O2S. The molecule has 2 aromatic heterocycles. The third kappa shape index (κ3) is 2.73. The van der Waals surface area contributed by atoms with Gasteiger partial charge in [0, 0.05) is 18.5 Å². The average molecular weight is 324 g/mol. The van der Waals surface area contributed by atoms with Crippen molar-refractivity contribution in [3.8, 4) is 10.6 Å². The number of carbonyl (C=O) groups is 1. The largest absolute Gasteiger partial charge is 0.378 e. The summed E-state index contributed by atoms with van der Waals surface area (Å²) in [6, 6.07) is 13.8. The molecule has 1 amide bonds. The molecule has 3 heterocycles. The highest BCUT2D eigenvalue weighted by atomic mass is 32.1. The van der Waals surface area contributed by atoms with Gasteiger partial charge in [-0.25, -0.2) is 4.98 Å². The first-order chi connectivity index (χ1) is 11.3. The van der Waals surface area contributed by atoms with Crippen molar-refractivity contribution in [3.63, 3.8) is 0 Å². The lowest BCUT2D eigenvalue weighted by atomic mass is 10.1. The summed E-state index contributed by atoms with van der Waals surface area (Å²) in [6.07, 6.45) is 0. The standard InChI is InChI=1S/C18H16N2O2S/c21-18(20-7-9-22-10-8-20)14-12-16(17-6-3-11-23-17)19-15-5-2-1-4-13(14)15/h1-6,11-12H,7-10H2. The van der Waals surface area contributed by atoms with Crippen molar-refractivity contribution in [2.24, 2.45) is 0 Å². The summed E-state index contributed by atoms with van der Waals surface area (Å²) in [5.74, 6) is 0.0599. The zero-order valence-electron chi connectivity index (χ0n) is 12.6. The molecule has 1 aliphatic heterocycles. The van der Waals surface area contributed by atoms with Gasteiger partial charge >= 0.3 is 0 Å². The van der Waals surface area contributed by atoms with Gasteiger partial charge in [0.1, 0.15) is 0 Å². The van der Waals surface area contributed by atoms with Gasteiger partial charge in [0.25, 0.3) is 5.91 Å². The molecule has 0 bridgehead atoms. The number of hydrogen-bond acceptors (Lipinski definition) is 4. The molecule has 0 saturated carbocycles. The number of fused-ring (bicyclic) bond motifs is 1. The Kier molecular flexibility index (Phi) is 3.81. The highest BCUT2D eigenvalue weighted by Gasteiger charge is 2.21. The Morgan fingerprint density at radius 2 is 1.96 bits per heavy atom. The van der Waals surface area contributed by atoms with Crippen molar-refractivity contribution >= 4 is 28.1 Å². The third-order valence-electron chi connectivity index (χ3n) is 4.02. The molecule has 3 aromatic rings. The molecule has 1 aliphatic rings.